The molecular weight excluding hydrogens is 239 g/mol. The minimum absolute atomic E-state index is 0.240. The third-order valence-corrected chi connectivity index (χ3v) is 3.82. The number of benzene rings is 1. The van der Waals surface area contributed by atoms with Gasteiger partial charge in [0.15, 0.2) is 0 Å². The van der Waals surface area contributed by atoms with E-state index >= 15 is 0 Å². The van der Waals surface area contributed by atoms with Crippen molar-refractivity contribution < 1.29 is 4.39 Å². The second-order valence-corrected chi connectivity index (χ2v) is 5.73. The molecule has 0 saturated heterocycles. The largest absolute Gasteiger partial charge is 0.297 e. The minimum atomic E-state index is -0.615. The van der Waals surface area contributed by atoms with Crippen LogP contribution in [0, 0.1) is 17.1 Å². The summed E-state index contributed by atoms with van der Waals surface area (Å²) >= 11 is 0. The summed E-state index contributed by atoms with van der Waals surface area (Å²) in [5.41, 5.74) is 0.253. The van der Waals surface area contributed by atoms with Gasteiger partial charge in [0.2, 0.25) is 0 Å². The van der Waals surface area contributed by atoms with Gasteiger partial charge in [-0.2, -0.15) is 5.26 Å². The Bertz CT molecular complexity index is 460. The molecule has 2 rings (SSSR count). The molecule has 1 aliphatic carbocycles. The first-order valence-electron chi connectivity index (χ1n) is 7.05. The predicted molar refractivity (Wildman–Crippen MR) is 74.1 cm³/mol. The van der Waals surface area contributed by atoms with Gasteiger partial charge in [0.25, 0.3) is 0 Å². The van der Waals surface area contributed by atoms with Gasteiger partial charge in [0, 0.05) is 12.5 Å². The summed E-state index contributed by atoms with van der Waals surface area (Å²) in [4.78, 5) is 0. The molecule has 2 nitrogen and oxygen atoms in total. The lowest BCUT2D eigenvalue weighted by molar-refractivity contribution is 0.305. The highest BCUT2D eigenvalue weighted by molar-refractivity contribution is 5.22. The molecule has 0 bridgehead atoms. The Balaban J connectivity index is 2.03. The number of hydrogen-bond donors (Lipinski definition) is 1. The van der Waals surface area contributed by atoms with Crippen molar-refractivity contribution in [1.82, 2.24) is 5.32 Å². The lowest BCUT2D eigenvalue weighted by Gasteiger charge is -2.32. The van der Waals surface area contributed by atoms with E-state index in [4.69, 9.17) is 0 Å². The molecule has 0 aromatic heterocycles. The highest BCUT2D eigenvalue weighted by Gasteiger charge is 2.28. The van der Waals surface area contributed by atoms with Crippen molar-refractivity contribution in [1.29, 1.82) is 5.26 Å². The number of nitrogens with zero attached hydrogens (tertiary/aromatic N) is 1. The van der Waals surface area contributed by atoms with Crippen molar-refractivity contribution in [3.63, 3.8) is 0 Å². The molecular formula is C16H21FN2. The van der Waals surface area contributed by atoms with Crippen molar-refractivity contribution in [3.8, 4) is 6.07 Å². The van der Waals surface area contributed by atoms with E-state index in [1.165, 1.54) is 31.4 Å². The van der Waals surface area contributed by atoms with Gasteiger partial charge in [0.1, 0.15) is 11.4 Å². The lowest BCUT2D eigenvalue weighted by Crippen LogP contribution is -2.49. The molecule has 102 valence electrons. The SMILES string of the molecule is CC(C#N)(Cc1cccc(F)c1)NC1CCCCC1. The molecule has 0 amide bonds. The quantitative estimate of drug-likeness (QED) is 0.898. The summed E-state index contributed by atoms with van der Waals surface area (Å²) in [6, 6.07) is 9.30. The zero-order chi connectivity index (χ0) is 13.7. The molecule has 3 heteroatoms. The molecule has 0 aliphatic heterocycles. The Hall–Kier alpha value is -1.40. The molecule has 1 aromatic carbocycles. The van der Waals surface area contributed by atoms with Crippen LogP contribution in [0.3, 0.4) is 0 Å². The molecule has 1 saturated carbocycles. The molecule has 0 heterocycles. The molecule has 1 fully saturated rings. The Kier molecular flexibility index (Phi) is 4.55. The summed E-state index contributed by atoms with van der Waals surface area (Å²) in [6.07, 6.45) is 6.59. The van der Waals surface area contributed by atoms with Crippen molar-refractivity contribution in [2.24, 2.45) is 0 Å². The van der Waals surface area contributed by atoms with Crippen LogP contribution in [0.25, 0.3) is 0 Å². The summed E-state index contributed by atoms with van der Waals surface area (Å²) in [7, 11) is 0. The fourth-order valence-electron chi connectivity index (χ4n) is 2.88. The van der Waals surface area contributed by atoms with Crippen LogP contribution in [-0.2, 0) is 6.42 Å². The van der Waals surface area contributed by atoms with Gasteiger partial charge < -0.3 is 0 Å². The average molecular weight is 260 g/mol. The van der Waals surface area contributed by atoms with Crippen LogP contribution in [0.4, 0.5) is 4.39 Å². The first-order chi connectivity index (χ1) is 9.11. The Morgan fingerprint density at radius 3 is 2.74 bits per heavy atom. The smallest absolute Gasteiger partial charge is 0.123 e. The van der Waals surface area contributed by atoms with Gasteiger partial charge in [-0.05, 0) is 37.5 Å². The number of halogens is 1. The van der Waals surface area contributed by atoms with Gasteiger partial charge in [0.05, 0.1) is 6.07 Å². The number of rotatable bonds is 4. The van der Waals surface area contributed by atoms with Gasteiger partial charge >= 0.3 is 0 Å². The highest BCUT2D eigenvalue weighted by atomic mass is 19.1. The van der Waals surface area contributed by atoms with E-state index in [9.17, 15) is 9.65 Å². The van der Waals surface area contributed by atoms with Crippen LogP contribution < -0.4 is 5.32 Å². The standard InChI is InChI=1S/C16H21FN2/c1-16(12-18,19-15-8-3-2-4-9-15)11-13-6-5-7-14(17)10-13/h5-7,10,15,19H,2-4,8-9,11H2,1H3. The van der Waals surface area contributed by atoms with E-state index in [1.54, 1.807) is 6.07 Å². The summed E-state index contributed by atoms with van der Waals surface area (Å²) in [5, 5.41) is 12.9. The fourth-order valence-corrected chi connectivity index (χ4v) is 2.88. The minimum Gasteiger partial charge on any atom is -0.297 e. The first-order valence-corrected chi connectivity index (χ1v) is 7.05. The van der Waals surface area contributed by atoms with Crippen LogP contribution in [0.1, 0.15) is 44.6 Å². The molecule has 19 heavy (non-hydrogen) atoms. The molecule has 0 radical (unpaired) electrons. The third-order valence-electron chi connectivity index (χ3n) is 3.82. The first kappa shape index (κ1) is 14.0. The fraction of sp³-hybridized carbons (Fsp3) is 0.562. The molecule has 1 N–H and O–H groups in total. The van der Waals surface area contributed by atoms with Crippen molar-refractivity contribution in [3.05, 3.63) is 35.6 Å². The maximum Gasteiger partial charge on any atom is 0.123 e. The Labute approximate surface area is 114 Å². The van der Waals surface area contributed by atoms with Crippen molar-refractivity contribution >= 4 is 0 Å². The van der Waals surface area contributed by atoms with Crippen molar-refractivity contribution in [2.75, 3.05) is 0 Å². The Morgan fingerprint density at radius 1 is 1.37 bits per heavy atom. The molecule has 1 atom stereocenters. The van der Waals surface area contributed by atoms with E-state index in [1.807, 2.05) is 13.0 Å². The van der Waals surface area contributed by atoms with Gasteiger partial charge in [-0.15, -0.1) is 0 Å². The second kappa shape index (κ2) is 6.16. The van der Waals surface area contributed by atoms with Gasteiger partial charge in [-0.3, -0.25) is 5.32 Å². The van der Waals surface area contributed by atoms with E-state index < -0.39 is 5.54 Å². The topological polar surface area (TPSA) is 35.8 Å². The van der Waals surface area contributed by atoms with E-state index in [0.29, 0.717) is 12.5 Å². The molecule has 0 spiro atoms. The molecule has 1 unspecified atom stereocenters. The predicted octanol–water partition coefficient (Wildman–Crippen LogP) is 3.57. The van der Waals surface area contributed by atoms with E-state index in [-0.39, 0.29) is 5.82 Å². The van der Waals surface area contributed by atoms with Crippen LogP contribution in [0.2, 0.25) is 0 Å². The van der Waals surface area contributed by atoms with Crippen LogP contribution in [0.5, 0.6) is 0 Å². The average Bonchev–Trinajstić information content (AvgIpc) is 2.40. The summed E-state index contributed by atoms with van der Waals surface area (Å²) in [6.45, 7) is 1.91. The van der Waals surface area contributed by atoms with Crippen LogP contribution in [-0.4, -0.2) is 11.6 Å². The maximum absolute atomic E-state index is 13.2. The third kappa shape index (κ3) is 4.04. The van der Waals surface area contributed by atoms with Crippen molar-refractivity contribution in [2.45, 2.75) is 57.0 Å². The number of nitriles is 1. The number of nitrogens with one attached hydrogen (secondary N) is 1. The second-order valence-electron chi connectivity index (χ2n) is 5.73. The summed E-state index contributed by atoms with van der Waals surface area (Å²) in [5.74, 6) is -0.240. The van der Waals surface area contributed by atoms with Gasteiger partial charge in [-0.1, -0.05) is 31.4 Å². The molecule has 1 aromatic rings. The monoisotopic (exact) mass is 260 g/mol. The highest BCUT2D eigenvalue weighted by Crippen LogP contribution is 2.22. The summed E-state index contributed by atoms with van der Waals surface area (Å²) < 4.78 is 13.2. The van der Waals surface area contributed by atoms with Crippen LogP contribution >= 0.6 is 0 Å². The maximum atomic E-state index is 13.2. The molecule has 1 aliphatic rings. The zero-order valence-corrected chi connectivity index (χ0v) is 11.5. The lowest BCUT2D eigenvalue weighted by atomic mass is 9.89. The van der Waals surface area contributed by atoms with Crippen LogP contribution in [0.15, 0.2) is 24.3 Å². The van der Waals surface area contributed by atoms with Gasteiger partial charge in [-0.25, -0.2) is 4.39 Å². The zero-order valence-electron chi connectivity index (χ0n) is 11.5. The van der Waals surface area contributed by atoms with E-state index in [0.717, 1.165) is 18.4 Å². The normalized spacial score (nSPS) is 19.6. The number of hydrogen-bond acceptors (Lipinski definition) is 2. The Morgan fingerprint density at radius 2 is 2.11 bits per heavy atom. The van der Waals surface area contributed by atoms with E-state index in [2.05, 4.69) is 11.4 Å².